The quantitative estimate of drug-likeness (QED) is 0.0883. The van der Waals surface area contributed by atoms with Crippen molar-refractivity contribution in [2.24, 2.45) is 0 Å². The number of rotatable bonds is 14. The van der Waals surface area contributed by atoms with Crippen molar-refractivity contribution in [3.63, 3.8) is 0 Å². The molecule has 0 radical (unpaired) electrons. The molecule has 1 heterocycles. The summed E-state index contributed by atoms with van der Waals surface area (Å²) in [6, 6.07) is 8.48. The van der Waals surface area contributed by atoms with Crippen molar-refractivity contribution >= 4 is 35.6 Å². The Morgan fingerprint density at radius 2 is 1.06 bits per heavy atom. The second kappa shape index (κ2) is 22.5. The second-order valence-electron chi connectivity index (χ2n) is 14.2. The van der Waals surface area contributed by atoms with Gasteiger partial charge in [-0.05, 0) is 59.4 Å². The Kier molecular flexibility index (Phi) is 19.7. The van der Waals surface area contributed by atoms with E-state index in [2.05, 4.69) is 63.5 Å². The summed E-state index contributed by atoms with van der Waals surface area (Å²) in [6.45, 7) is 19.3. The molecule has 1 aliphatic rings. The van der Waals surface area contributed by atoms with Gasteiger partial charge < -0.3 is 44.6 Å². The Labute approximate surface area is 322 Å². The minimum Gasteiger partial charge on any atom is -0.507 e. The van der Waals surface area contributed by atoms with Crippen LogP contribution in [0.15, 0.2) is 53.5 Å². The molecule has 2 aromatic rings. The standard InChI is InChI=1S/C31H48N2O4S.2C4H4O4/c1-30(2,3)24-19-23(20-25(28(24)34)31(4,5)6)38-16-10-11-32-12-14-33(15-13-32)21-22-17-26(35-7)29(37-9)27(18-22)36-8;2*5-3(6)1-2-4(7)8/h17-20,34H,10-16,21H2,1-9H3;2*1-2H,(H,5,6)(H,7,8)/b;2*2-1+. The predicted molar refractivity (Wildman–Crippen MR) is 207 cm³/mol. The SMILES string of the molecule is COc1cc(CN2CCN(CCCSc3cc(C(C)(C)C)c(O)c(C(C)(C)C)c3)CC2)cc(OC)c1OC.O=C(O)/C=C/C(=O)O.O=C(O)/C=C/C(=O)O. The summed E-state index contributed by atoms with van der Waals surface area (Å²) in [5.41, 5.74) is 3.05. The highest BCUT2D eigenvalue weighted by molar-refractivity contribution is 7.99. The Bertz CT molecular complexity index is 1490. The van der Waals surface area contributed by atoms with Gasteiger partial charge in [-0.15, -0.1) is 11.8 Å². The van der Waals surface area contributed by atoms with Gasteiger partial charge in [0.1, 0.15) is 5.75 Å². The fraction of sp³-hybridized carbons (Fsp3) is 0.487. The Morgan fingerprint density at radius 3 is 1.39 bits per heavy atom. The lowest BCUT2D eigenvalue weighted by Gasteiger charge is -2.34. The molecule has 2 aromatic carbocycles. The topological polar surface area (TPSA) is 204 Å². The molecule has 0 atom stereocenters. The third-order valence-corrected chi connectivity index (χ3v) is 8.98. The third-order valence-electron chi connectivity index (χ3n) is 7.92. The number of aromatic hydroxyl groups is 1. The monoisotopic (exact) mass is 776 g/mol. The van der Waals surface area contributed by atoms with Gasteiger partial charge in [-0.3, -0.25) is 4.90 Å². The van der Waals surface area contributed by atoms with E-state index in [1.165, 1.54) is 10.5 Å². The summed E-state index contributed by atoms with van der Waals surface area (Å²) in [6.07, 6.45) is 3.38. The molecule has 0 spiro atoms. The van der Waals surface area contributed by atoms with Crippen molar-refractivity contribution in [1.29, 1.82) is 0 Å². The first-order valence-electron chi connectivity index (χ1n) is 17.1. The zero-order valence-corrected chi connectivity index (χ0v) is 33.5. The molecule has 1 saturated heterocycles. The third kappa shape index (κ3) is 17.4. The number of carboxylic acid groups (broad SMARTS) is 4. The van der Waals surface area contributed by atoms with Crippen LogP contribution in [-0.2, 0) is 36.6 Å². The zero-order chi connectivity index (χ0) is 41.2. The number of nitrogens with zero attached hydrogens (tertiary/aromatic N) is 2. The molecule has 0 aromatic heterocycles. The molecule has 0 aliphatic carbocycles. The fourth-order valence-corrected chi connectivity index (χ4v) is 6.17. The van der Waals surface area contributed by atoms with E-state index in [0.29, 0.717) is 47.3 Å². The van der Waals surface area contributed by atoms with Crippen LogP contribution in [0.25, 0.3) is 0 Å². The average molecular weight is 777 g/mol. The molecule has 54 heavy (non-hydrogen) atoms. The lowest BCUT2D eigenvalue weighted by molar-refractivity contribution is -0.134. The van der Waals surface area contributed by atoms with Gasteiger partial charge >= 0.3 is 23.9 Å². The smallest absolute Gasteiger partial charge is 0.328 e. The Hall–Kier alpha value is -4.73. The van der Waals surface area contributed by atoms with Crippen molar-refractivity contribution in [1.82, 2.24) is 9.80 Å². The molecule has 1 aliphatic heterocycles. The number of carboxylic acids is 4. The van der Waals surface area contributed by atoms with Crippen LogP contribution in [0.1, 0.15) is 64.7 Å². The zero-order valence-electron chi connectivity index (χ0n) is 32.7. The highest BCUT2D eigenvalue weighted by Gasteiger charge is 2.27. The molecule has 5 N–H and O–H groups in total. The van der Waals surface area contributed by atoms with E-state index in [9.17, 15) is 24.3 Å². The predicted octanol–water partition coefficient (Wildman–Crippen LogP) is 5.74. The van der Waals surface area contributed by atoms with E-state index in [0.717, 1.165) is 62.6 Å². The largest absolute Gasteiger partial charge is 0.507 e. The number of hydrogen-bond donors (Lipinski definition) is 5. The van der Waals surface area contributed by atoms with Crippen molar-refractivity contribution in [3.05, 3.63) is 65.3 Å². The molecule has 0 bridgehead atoms. The fourth-order valence-electron chi connectivity index (χ4n) is 5.25. The molecule has 0 amide bonds. The van der Waals surface area contributed by atoms with E-state index in [4.69, 9.17) is 34.6 Å². The maximum absolute atomic E-state index is 11.0. The van der Waals surface area contributed by atoms with Gasteiger partial charge in [-0.2, -0.15) is 0 Å². The lowest BCUT2D eigenvalue weighted by Crippen LogP contribution is -2.46. The van der Waals surface area contributed by atoms with Crippen molar-refractivity contribution in [2.75, 3.05) is 59.8 Å². The van der Waals surface area contributed by atoms with Crippen LogP contribution in [-0.4, -0.2) is 119 Å². The van der Waals surface area contributed by atoms with E-state index in [1.807, 2.05) is 23.9 Å². The number of aliphatic carboxylic acids is 4. The number of carbonyl (C=O) groups is 4. The van der Waals surface area contributed by atoms with Crippen LogP contribution in [0.2, 0.25) is 0 Å². The number of methoxy groups -OCH3 is 3. The molecule has 0 unspecified atom stereocenters. The van der Waals surface area contributed by atoms with Gasteiger partial charge in [0.25, 0.3) is 0 Å². The normalized spacial score (nSPS) is 13.7. The van der Waals surface area contributed by atoms with Crippen LogP contribution < -0.4 is 14.2 Å². The van der Waals surface area contributed by atoms with E-state index in [-0.39, 0.29) is 10.8 Å². The molecule has 14 nitrogen and oxygen atoms in total. The molecule has 0 saturated carbocycles. The summed E-state index contributed by atoms with van der Waals surface area (Å²) < 4.78 is 16.5. The summed E-state index contributed by atoms with van der Waals surface area (Å²) in [5.74, 6) is -1.45. The number of hydrogen-bond acceptors (Lipinski definition) is 11. The number of phenols is 1. The molecule has 15 heteroatoms. The van der Waals surface area contributed by atoms with Crippen LogP contribution >= 0.6 is 11.8 Å². The highest BCUT2D eigenvalue weighted by atomic mass is 32.2. The highest BCUT2D eigenvalue weighted by Crippen LogP contribution is 2.42. The van der Waals surface area contributed by atoms with Gasteiger partial charge in [0, 0.05) is 73.1 Å². The number of benzene rings is 2. The molecule has 1 fully saturated rings. The number of piperazine rings is 1. The number of ether oxygens (including phenoxy) is 3. The summed E-state index contributed by atoms with van der Waals surface area (Å²) in [7, 11) is 4.95. The molecular formula is C39H56N2O12S. The molecule has 300 valence electrons. The van der Waals surface area contributed by atoms with Gasteiger partial charge in [-0.1, -0.05) is 41.5 Å². The van der Waals surface area contributed by atoms with Crippen LogP contribution in [0.3, 0.4) is 0 Å². The first kappa shape index (κ1) is 47.3. The summed E-state index contributed by atoms with van der Waals surface area (Å²) in [4.78, 5) is 44.5. The first-order valence-corrected chi connectivity index (χ1v) is 18.1. The van der Waals surface area contributed by atoms with E-state index in [1.54, 1.807) is 21.3 Å². The van der Waals surface area contributed by atoms with Gasteiger partial charge in [0.2, 0.25) is 5.75 Å². The van der Waals surface area contributed by atoms with Crippen LogP contribution in [0, 0.1) is 0 Å². The number of phenolic OH excluding ortho intramolecular Hbond substituents is 1. The van der Waals surface area contributed by atoms with Gasteiger partial charge in [0.05, 0.1) is 21.3 Å². The molecular weight excluding hydrogens is 720 g/mol. The maximum atomic E-state index is 11.0. The molecule has 3 rings (SSSR count). The minimum absolute atomic E-state index is 0.0948. The lowest BCUT2D eigenvalue weighted by atomic mass is 9.79. The maximum Gasteiger partial charge on any atom is 0.328 e. The average Bonchev–Trinajstić information content (AvgIpc) is 3.08. The first-order chi connectivity index (χ1) is 25.1. The Balaban J connectivity index is 0.000000757. The van der Waals surface area contributed by atoms with Crippen molar-refractivity contribution < 1.29 is 58.9 Å². The van der Waals surface area contributed by atoms with Crippen LogP contribution in [0.5, 0.6) is 23.0 Å². The second-order valence-corrected chi connectivity index (χ2v) is 15.4. The van der Waals surface area contributed by atoms with Gasteiger partial charge in [-0.25, -0.2) is 19.2 Å². The van der Waals surface area contributed by atoms with Crippen LogP contribution in [0.4, 0.5) is 0 Å². The summed E-state index contributed by atoms with van der Waals surface area (Å²) >= 11 is 1.91. The Morgan fingerprint density at radius 1 is 0.667 bits per heavy atom. The van der Waals surface area contributed by atoms with E-state index >= 15 is 0 Å². The van der Waals surface area contributed by atoms with E-state index < -0.39 is 23.9 Å². The van der Waals surface area contributed by atoms with Crippen molar-refractivity contribution in [3.8, 4) is 23.0 Å². The van der Waals surface area contributed by atoms with Gasteiger partial charge in [0.15, 0.2) is 11.5 Å². The summed E-state index contributed by atoms with van der Waals surface area (Å²) in [5, 5.41) is 42.2. The van der Waals surface area contributed by atoms with Crippen molar-refractivity contribution in [2.45, 2.75) is 70.2 Å². The number of thioether (sulfide) groups is 1. The minimum atomic E-state index is -1.26.